The van der Waals surface area contributed by atoms with Crippen LogP contribution in [0.5, 0.6) is 0 Å². The molecule has 0 amide bonds. The number of aliphatic hydroxyl groups excluding tert-OH is 1. The number of hydrogen-bond donors (Lipinski definition) is 1. The number of halogens is 1. The zero-order valence-corrected chi connectivity index (χ0v) is 11.3. The molecule has 19 heavy (non-hydrogen) atoms. The van der Waals surface area contributed by atoms with Gasteiger partial charge < -0.3 is 9.67 Å². The average Bonchev–Trinajstić information content (AvgIpc) is 2.71. The fraction of sp³-hybridized carbons (Fsp3) is 0.375. The van der Waals surface area contributed by atoms with Gasteiger partial charge >= 0.3 is 0 Å². The van der Waals surface area contributed by atoms with Gasteiger partial charge in [-0.15, -0.1) is 0 Å². The second-order valence-corrected chi connectivity index (χ2v) is 5.32. The third kappa shape index (κ3) is 1.89. The Morgan fingerprint density at radius 3 is 2.89 bits per heavy atom. The number of fused-ring (bicyclic) bond motifs is 1. The highest BCUT2D eigenvalue weighted by atomic mass is 19.1. The predicted molar refractivity (Wildman–Crippen MR) is 73.1 cm³/mol. The number of aliphatic hydroxyl groups is 1. The summed E-state index contributed by atoms with van der Waals surface area (Å²) in [5.41, 5.74) is 4.73. The lowest BCUT2D eigenvalue weighted by atomic mass is 9.95. The Bertz CT molecular complexity index is 630. The van der Waals surface area contributed by atoms with E-state index < -0.39 is 0 Å². The Kier molecular flexibility index (Phi) is 2.94. The molecule has 0 saturated heterocycles. The highest BCUT2D eigenvalue weighted by Crippen LogP contribution is 2.34. The summed E-state index contributed by atoms with van der Waals surface area (Å²) in [7, 11) is 0. The number of nitrogens with zero attached hydrogens (tertiary/aromatic N) is 1. The third-order valence-electron chi connectivity index (χ3n) is 4.05. The summed E-state index contributed by atoms with van der Waals surface area (Å²) >= 11 is 0. The Morgan fingerprint density at radius 1 is 1.32 bits per heavy atom. The minimum atomic E-state index is -0.377. The summed E-state index contributed by atoms with van der Waals surface area (Å²) in [4.78, 5) is 0. The standard InChI is InChI=1S/C16H18FNO/c1-10-9-12-15(7-4-8-16(12)19)18(10)14-6-3-5-13(17)11(14)2/h3,5-6,9,16,19H,4,7-8H2,1-2H3. The van der Waals surface area contributed by atoms with Gasteiger partial charge in [0.1, 0.15) is 5.82 Å². The van der Waals surface area contributed by atoms with E-state index in [-0.39, 0.29) is 11.9 Å². The zero-order chi connectivity index (χ0) is 13.6. The first-order valence-electron chi connectivity index (χ1n) is 6.74. The van der Waals surface area contributed by atoms with Crippen LogP contribution < -0.4 is 0 Å². The maximum Gasteiger partial charge on any atom is 0.128 e. The molecule has 0 saturated carbocycles. The molecular weight excluding hydrogens is 241 g/mol. The number of benzene rings is 1. The SMILES string of the molecule is Cc1c(F)cccc1-n1c(C)cc2c1CCCC2O. The molecule has 0 spiro atoms. The first-order chi connectivity index (χ1) is 9.09. The van der Waals surface area contributed by atoms with E-state index in [1.54, 1.807) is 13.0 Å². The molecule has 1 N–H and O–H groups in total. The minimum absolute atomic E-state index is 0.185. The summed E-state index contributed by atoms with van der Waals surface area (Å²) in [5.74, 6) is -0.185. The first-order valence-corrected chi connectivity index (χ1v) is 6.74. The molecule has 1 aliphatic rings. The molecule has 3 heteroatoms. The van der Waals surface area contributed by atoms with E-state index in [9.17, 15) is 9.50 Å². The van der Waals surface area contributed by atoms with E-state index in [2.05, 4.69) is 4.57 Å². The van der Waals surface area contributed by atoms with E-state index in [0.29, 0.717) is 5.56 Å². The fourth-order valence-corrected chi connectivity index (χ4v) is 3.05. The van der Waals surface area contributed by atoms with Crippen LogP contribution in [0.3, 0.4) is 0 Å². The van der Waals surface area contributed by atoms with Crippen LogP contribution in [0.25, 0.3) is 5.69 Å². The van der Waals surface area contributed by atoms with Crippen molar-refractivity contribution in [3.05, 3.63) is 52.6 Å². The molecule has 0 fully saturated rings. The monoisotopic (exact) mass is 259 g/mol. The quantitative estimate of drug-likeness (QED) is 0.831. The largest absolute Gasteiger partial charge is 0.388 e. The maximum atomic E-state index is 13.7. The van der Waals surface area contributed by atoms with Gasteiger partial charge in [0, 0.05) is 22.5 Å². The third-order valence-corrected chi connectivity index (χ3v) is 4.05. The summed E-state index contributed by atoms with van der Waals surface area (Å²) in [6.45, 7) is 3.81. The molecule has 0 bridgehead atoms. The van der Waals surface area contributed by atoms with E-state index >= 15 is 0 Å². The van der Waals surface area contributed by atoms with Crippen LogP contribution in [-0.4, -0.2) is 9.67 Å². The Labute approximate surface area is 112 Å². The second kappa shape index (κ2) is 4.49. The highest BCUT2D eigenvalue weighted by Gasteiger charge is 2.24. The van der Waals surface area contributed by atoms with Crippen molar-refractivity contribution in [1.29, 1.82) is 0 Å². The first kappa shape index (κ1) is 12.4. The summed E-state index contributed by atoms with van der Waals surface area (Å²) in [6.07, 6.45) is 2.36. The van der Waals surface area contributed by atoms with Crippen molar-refractivity contribution in [3.8, 4) is 5.69 Å². The smallest absolute Gasteiger partial charge is 0.128 e. The second-order valence-electron chi connectivity index (χ2n) is 5.32. The van der Waals surface area contributed by atoms with Crippen LogP contribution in [0.4, 0.5) is 4.39 Å². The van der Waals surface area contributed by atoms with Gasteiger partial charge in [0.05, 0.1) is 11.8 Å². The number of hydrogen-bond acceptors (Lipinski definition) is 1. The topological polar surface area (TPSA) is 25.2 Å². The molecule has 0 aliphatic heterocycles. The molecule has 2 aromatic rings. The van der Waals surface area contributed by atoms with Crippen molar-refractivity contribution in [2.45, 2.75) is 39.2 Å². The van der Waals surface area contributed by atoms with Crippen LogP contribution in [0.15, 0.2) is 24.3 Å². The summed E-state index contributed by atoms with van der Waals surface area (Å²) in [5, 5.41) is 10.1. The molecule has 1 atom stereocenters. The van der Waals surface area contributed by atoms with Gasteiger partial charge in [-0.2, -0.15) is 0 Å². The Morgan fingerprint density at radius 2 is 2.11 bits per heavy atom. The lowest BCUT2D eigenvalue weighted by Gasteiger charge is -2.21. The van der Waals surface area contributed by atoms with Crippen molar-refractivity contribution in [3.63, 3.8) is 0 Å². The molecule has 1 aromatic carbocycles. The molecule has 1 aromatic heterocycles. The normalized spacial score (nSPS) is 18.4. The lowest BCUT2D eigenvalue weighted by Crippen LogP contribution is -2.12. The van der Waals surface area contributed by atoms with Gasteiger partial charge in [-0.25, -0.2) is 4.39 Å². The van der Waals surface area contributed by atoms with Crippen LogP contribution in [-0.2, 0) is 6.42 Å². The van der Waals surface area contributed by atoms with E-state index in [4.69, 9.17) is 0 Å². The minimum Gasteiger partial charge on any atom is -0.388 e. The van der Waals surface area contributed by atoms with Crippen LogP contribution in [0, 0.1) is 19.7 Å². The van der Waals surface area contributed by atoms with E-state index in [1.807, 2.05) is 19.1 Å². The van der Waals surface area contributed by atoms with Gasteiger partial charge in [-0.05, 0) is 51.3 Å². The van der Waals surface area contributed by atoms with Crippen molar-refractivity contribution in [1.82, 2.24) is 4.57 Å². The highest BCUT2D eigenvalue weighted by molar-refractivity contribution is 5.48. The van der Waals surface area contributed by atoms with Crippen LogP contribution in [0.1, 0.15) is 41.5 Å². The number of aryl methyl sites for hydroxylation is 1. The molecule has 1 heterocycles. The van der Waals surface area contributed by atoms with Gasteiger partial charge in [0.2, 0.25) is 0 Å². The fourth-order valence-electron chi connectivity index (χ4n) is 3.05. The van der Waals surface area contributed by atoms with Gasteiger partial charge in [-0.3, -0.25) is 0 Å². The van der Waals surface area contributed by atoms with Crippen LogP contribution in [0.2, 0.25) is 0 Å². The molecule has 3 rings (SSSR count). The van der Waals surface area contributed by atoms with Crippen LogP contribution >= 0.6 is 0 Å². The van der Waals surface area contributed by atoms with E-state index in [0.717, 1.165) is 41.9 Å². The lowest BCUT2D eigenvalue weighted by molar-refractivity contribution is 0.156. The molecule has 2 nitrogen and oxygen atoms in total. The molecule has 1 unspecified atom stereocenters. The van der Waals surface area contributed by atoms with Crippen molar-refractivity contribution in [2.75, 3.05) is 0 Å². The van der Waals surface area contributed by atoms with Crippen molar-refractivity contribution in [2.24, 2.45) is 0 Å². The van der Waals surface area contributed by atoms with E-state index in [1.165, 1.54) is 6.07 Å². The van der Waals surface area contributed by atoms with Crippen molar-refractivity contribution >= 4 is 0 Å². The molecule has 100 valence electrons. The van der Waals surface area contributed by atoms with Gasteiger partial charge in [0.15, 0.2) is 0 Å². The van der Waals surface area contributed by atoms with Crippen molar-refractivity contribution < 1.29 is 9.50 Å². The summed E-state index contributed by atoms with van der Waals surface area (Å²) in [6, 6.07) is 7.19. The molecule has 0 radical (unpaired) electrons. The maximum absolute atomic E-state index is 13.7. The van der Waals surface area contributed by atoms with Gasteiger partial charge in [0.25, 0.3) is 0 Å². The summed E-state index contributed by atoms with van der Waals surface area (Å²) < 4.78 is 15.8. The molecule has 1 aliphatic carbocycles. The predicted octanol–water partition coefficient (Wildman–Crippen LogP) is 3.60. The number of aromatic nitrogens is 1. The Balaban J connectivity index is 2.23. The van der Waals surface area contributed by atoms with Gasteiger partial charge in [-0.1, -0.05) is 6.07 Å². The number of rotatable bonds is 1. The Hall–Kier alpha value is -1.61. The molecular formula is C16H18FNO. The average molecular weight is 259 g/mol. The zero-order valence-electron chi connectivity index (χ0n) is 11.3.